The quantitative estimate of drug-likeness (QED) is 0.860. The molecule has 4 nitrogen and oxygen atoms in total. The molecule has 0 spiro atoms. The minimum atomic E-state index is -0.990. The van der Waals surface area contributed by atoms with Gasteiger partial charge in [0.05, 0.1) is 11.9 Å². The van der Waals surface area contributed by atoms with Gasteiger partial charge < -0.3 is 5.11 Å². The van der Waals surface area contributed by atoms with Gasteiger partial charge in [-0.15, -0.1) is 0 Å². The highest BCUT2D eigenvalue weighted by atomic mass is 35.5. The Hall–Kier alpha value is -1.81. The van der Waals surface area contributed by atoms with Crippen LogP contribution in [0.15, 0.2) is 30.5 Å². The molecule has 0 atom stereocenters. The fourth-order valence-electron chi connectivity index (χ4n) is 1.46. The number of aromatic nitrogens is 2. The molecule has 1 aromatic carbocycles. The first-order chi connectivity index (χ1) is 7.68. The lowest BCUT2D eigenvalue weighted by atomic mass is 10.1. The minimum Gasteiger partial charge on any atom is -0.478 e. The first-order valence-corrected chi connectivity index (χ1v) is 5.05. The molecule has 0 fully saturated rings. The predicted molar refractivity (Wildman–Crippen MR) is 59.8 cm³/mol. The van der Waals surface area contributed by atoms with Crippen molar-refractivity contribution in [2.75, 3.05) is 0 Å². The summed E-state index contributed by atoms with van der Waals surface area (Å²) in [4.78, 5) is 10.9. The van der Waals surface area contributed by atoms with E-state index in [4.69, 9.17) is 16.7 Å². The van der Waals surface area contributed by atoms with Crippen molar-refractivity contribution in [3.63, 3.8) is 0 Å². The normalized spacial score (nSPS) is 10.3. The molecular formula is C11H9ClN2O2. The zero-order chi connectivity index (χ0) is 11.5. The molecule has 2 rings (SSSR count). The molecule has 5 heteroatoms. The van der Waals surface area contributed by atoms with E-state index in [0.717, 1.165) is 5.56 Å². The summed E-state index contributed by atoms with van der Waals surface area (Å²) in [6, 6.07) is 7.32. The Morgan fingerprint density at radius 1 is 1.44 bits per heavy atom. The fourth-order valence-corrected chi connectivity index (χ4v) is 1.67. The molecule has 0 saturated carbocycles. The van der Waals surface area contributed by atoms with Crippen LogP contribution in [0, 0.1) is 0 Å². The summed E-state index contributed by atoms with van der Waals surface area (Å²) in [6.07, 6.45) is 1.73. The van der Waals surface area contributed by atoms with E-state index >= 15 is 0 Å². The molecule has 1 aromatic heterocycles. The molecule has 0 saturated heterocycles. The van der Waals surface area contributed by atoms with Crippen LogP contribution >= 0.6 is 11.6 Å². The number of carbonyl (C=O) groups is 1. The Morgan fingerprint density at radius 3 is 2.88 bits per heavy atom. The molecule has 2 N–H and O–H groups in total. The van der Waals surface area contributed by atoms with E-state index < -0.39 is 5.97 Å². The van der Waals surface area contributed by atoms with Crippen LogP contribution in [0.2, 0.25) is 5.02 Å². The van der Waals surface area contributed by atoms with Gasteiger partial charge in [-0.3, -0.25) is 5.10 Å². The Bertz CT molecular complexity index is 522. The van der Waals surface area contributed by atoms with E-state index in [9.17, 15) is 4.79 Å². The first kappa shape index (κ1) is 10.7. The highest BCUT2D eigenvalue weighted by molar-refractivity contribution is 6.31. The lowest BCUT2D eigenvalue weighted by molar-refractivity contribution is 0.0696. The largest absolute Gasteiger partial charge is 0.478 e. The number of aromatic amines is 1. The standard InChI is InChI=1S/C11H9ClN2O2/c12-9-4-2-1-3-7(9)5-10-8(11(15)16)6-13-14-10/h1-4,6H,5H2,(H,13,14)(H,15,16). The molecule has 2 aromatic rings. The minimum absolute atomic E-state index is 0.180. The molecule has 16 heavy (non-hydrogen) atoms. The number of aromatic carboxylic acids is 1. The van der Waals surface area contributed by atoms with Gasteiger partial charge in [-0.1, -0.05) is 29.8 Å². The van der Waals surface area contributed by atoms with Gasteiger partial charge in [0.25, 0.3) is 0 Å². The first-order valence-electron chi connectivity index (χ1n) is 4.67. The van der Waals surface area contributed by atoms with Crippen LogP contribution in [0.1, 0.15) is 21.6 Å². The van der Waals surface area contributed by atoms with Crippen molar-refractivity contribution in [2.24, 2.45) is 0 Å². The summed E-state index contributed by atoms with van der Waals surface area (Å²) >= 11 is 5.99. The molecular weight excluding hydrogens is 228 g/mol. The summed E-state index contributed by atoms with van der Waals surface area (Å²) in [5.41, 5.74) is 1.61. The highest BCUT2D eigenvalue weighted by Crippen LogP contribution is 2.19. The summed E-state index contributed by atoms with van der Waals surface area (Å²) in [5.74, 6) is -0.990. The van der Waals surface area contributed by atoms with Gasteiger partial charge in [-0.2, -0.15) is 5.10 Å². The molecule has 82 valence electrons. The van der Waals surface area contributed by atoms with E-state index in [2.05, 4.69) is 10.2 Å². The SMILES string of the molecule is O=C(O)c1cn[nH]c1Cc1ccccc1Cl. The van der Waals surface area contributed by atoms with Crippen LogP contribution in [0.4, 0.5) is 0 Å². The van der Waals surface area contributed by atoms with Crippen molar-refractivity contribution < 1.29 is 9.90 Å². The van der Waals surface area contributed by atoms with Crippen molar-refractivity contribution >= 4 is 17.6 Å². The number of hydrogen-bond donors (Lipinski definition) is 2. The Morgan fingerprint density at radius 2 is 2.19 bits per heavy atom. The molecule has 0 aliphatic carbocycles. The maximum Gasteiger partial charge on any atom is 0.339 e. The molecule has 0 radical (unpaired) electrons. The van der Waals surface area contributed by atoms with Crippen molar-refractivity contribution in [2.45, 2.75) is 6.42 Å². The topological polar surface area (TPSA) is 66.0 Å². The smallest absolute Gasteiger partial charge is 0.339 e. The third kappa shape index (κ3) is 2.06. The van der Waals surface area contributed by atoms with Gasteiger partial charge in [0.2, 0.25) is 0 Å². The number of hydrogen-bond acceptors (Lipinski definition) is 2. The average molecular weight is 237 g/mol. The monoisotopic (exact) mass is 236 g/mol. The Labute approximate surface area is 96.9 Å². The van der Waals surface area contributed by atoms with E-state index in [1.54, 1.807) is 6.07 Å². The van der Waals surface area contributed by atoms with Gasteiger partial charge in [-0.25, -0.2) is 4.79 Å². The second-order valence-corrected chi connectivity index (χ2v) is 3.74. The van der Waals surface area contributed by atoms with Crippen LogP contribution in [-0.4, -0.2) is 21.3 Å². The molecule has 0 bridgehead atoms. The number of nitrogens with one attached hydrogen (secondary N) is 1. The molecule has 0 aliphatic rings. The van der Waals surface area contributed by atoms with Gasteiger partial charge in [0, 0.05) is 11.4 Å². The summed E-state index contributed by atoms with van der Waals surface area (Å²) in [6.45, 7) is 0. The van der Waals surface area contributed by atoms with Crippen molar-refractivity contribution in [1.82, 2.24) is 10.2 Å². The lowest BCUT2D eigenvalue weighted by Crippen LogP contribution is -2.01. The number of carboxylic acid groups (broad SMARTS) is 1. The number of H-pyrrole nitrogens is 1. The molecule has 0 aliphatic heterocycles. The third-order valence-electron chi connectivity index (χ3n) is 2.27. The second kappa shape index (κ2) is 4.37. The summed E-state index contributed by atoms with van der Waals surface area (Å²) in [5, 5.41) is 15.9. The van der Waals surface area contributed by atoms with Crippen LogP contribution in [0.25, 0.3) is 0 Å². The maximum atomic E-state index is 10.9. The summed E-state index contributed by atoms with van der Waals surface area (Å²) < 4.78 is 0. The summed E-state index contributed by atoms with van der Waals surface area (Å²) in [7, 11) is 0. The number of halogens is 1. The number of benzene rings is 1. The molecule has 0 amide bonds. The van der Waals surface area contributed by atoms with E-state index in [-0.39, 0.29) is 5.56 Å². The van der Waals surface area contributed by atoms with E-state index in [0.29, 0.717) is 17.1 Å². The van der Waals surface area contributed by atoms with Gasteiger partial charge in [0.1, 0.15) is 5.56 Å². The van der Waals surface area contributed by atoms with Crippen LogP contribution in [0.3, 0.4) is 0 Å². The zero-order valence-corrected chi connectivity index (χ0v) is 9.03. The van der Waals surface area contributed by atoms with Crippen LogP contribution < -0.4 is 0 Å². The molecule has 1 heterocycles. The maximum absolute atomic E-state index is 10.9. The molecule has 0 unspecified atom stereocenters. The number of rotatable bonds is 3. The van der Waals surface area contributed by atoms with Gasteiger partial charge in [0.15, 0.2) is 0 Å². The second-order valence-electron chi connectivity index (χ2n) is 3.34. The van der Waals surface area contributed by atoms with Crippen LogP contribution in [-0.2, 0) is 6.42 Å². The van der Waals surface area contributed by atoms with Crippen molar-refractivity contribution in [3.8, 4) is 0 Å². The number of nitrogens with zero attached hydrogens (tertiary/aromatic N) is 1. The van der Waals surface area contributed by atoms with Crippen molar-refractivity contribution in [1.29, 1.82) is 0 Å². The average Bonchev–Trinajstić information content (AvgIpc) is 2.69. The fraction of sp³-hybridized carbons (Fsp3) is 0.0909. The van der Waals surface area contributed by atoms with Gasteiger partial charge >= 0.3 is 5.97 Å². The van der Waals surface area contributed by atoms with E-state index in [1.807, 2.05) is 18.2 Å². The van der Waals surface area contributed by atoms with Gasteiger partial charge in [-0.05, 0) is 11.6 Å². The third-order valence-corrected chi connectivity index (χ3v) is 2.64. The Balaban J connectivity index is 2.31. The lowest BCUT2D eigenvalue weighted by Gasteiger charge is -2.02. The predicted octanol–water partition coefficient (Wildman–Crippen LogP) is 2.35. The van der Waals surface area contributed by atoms with Crippen LogP contribution in [0.5, 0.6) is 0 Å². The zero-order valence-electron chi connectivity index (χ0n) is 8.27. The van der Waals surface area contributed by atoms with Crippen molar-refractivity contribution in [3.05, 3.63) is 52.3 Å². The van der Waals surface area contributed by atoms with E-state index in [1.165, 1.54) is 6.20 Å². The highest BCUT2D eigenvalue weighted by Gasteiger charge is 2.13. The Kier molecular flexibility index (Phi) is 2.92. The number of carboxylic acids is 1.